The van der Waals surface area contributed by atoms with E-state index < -0.39 is 11.8 Å². The molecule has 0 heterocycles. The van der Waals surface area contributed by atoms with Crippen LogP contribution in [0, 0.1) is 11.7 Å². The molecule has 0 aromatic heterocycles. The second-order valence-electron chi connectivity index (χ2n) is 3.65. The zero-order valence-corrected chi connectivity index (χ0v) is 8.24. The maximum Gasteiger partial charge on any atom is 0.307 e. The van der Waals surface area contributed by atoms with Crippen LogP contribution in [0.1, 0.15) is 17.9 Å². The lowest BCUT2D eigenvalue weighted by molar-refractivity contribution is -0.138. The van der Waals surface area contributed by atoms with Gasteiger partial charge in [0.15, 0.2) is 11.6 Å². The number of carbonyl (C=O) groups is 1. The van der Waals surface area contributed by atoms with E-state index in [4.69, 9.17) is 9.84 Å². The Hall–Kier alpha value is -1.58. The third kappa shape index (κ3) is 1.67. The quantitative estimate of drug-likeness (QED) is 0.830. The van der Waals surface area contributed by atoms with Crippen molar-refractivity contribution in [1.82, 2.24) is 0 Å². The van der Waals surface area contributed by atoms with Crippen molar-refractivity contribution >= 4 is 5.97 Å². The van der Waals surface area contributed by atoms with Gasteiger partial charge in [0.1, 0.15) is 0 Å². The highest BCUT2D eigenvalue weighted by Crippen LogP contribution is 2.50. The molecule has 2 atom stereocenters. The SMILES string of the molecule is COc1c(F)cccc1C1CC1C(=O)O. The van der Waals surface area contributed by atoms with Crippen molar-refractivity contribution in [2.24, 2.45) is 5.92 Å². The first-order valence-electron chi connectivity index (χ1n) is 4.70. The summed E-state index contributed by atoms with van der Waals surface area (Å²) in [5, 5.41) is 8.78. The number of ether oxygens (including phenoxy) is 1. The molecule has 1 N–H and O–H groups in total. The normalized spacial score (nSPS) is 23.6. The van der Waals surface area contributed by atoms with E-state index in [1.807, 2.05) is 0 Å². The zero-order chi connectivity index (χ0) is 11.0. The van der Waals surface area contributed by atoms with Crippen molar-refractivity contribution in [3.05, 3.63) is 29.6 Å². The van der Waals surface area contributed by atoms with Crippen LogP contribution in [0.5, 0.6) is 5.75 Å². The highest BCUT2D eigenvalue weighted by molar-refractivity contribution is 5.75. The summed E-state index contributed by atoms with van der Waals surface area (Å²) in [6.45, 7) is 0. The lowest BCUT2D eigenvalue weighted by Crippen LogP contribution is -2.01. The first-order chi connectivity index (χ1) is 7.15. The smallest absolute Gasteiger partial charge is 0.307 e. The van der Waals surface area contributed by atoms with Gasteiger partial charge in [-0.25, -0.2) is 4.39 Å². The number of carboxylic acid groups (broad SMARTS) is 1. The standard InChI is InChI=1S/C11H11FO3/c1-15-10-6(3-2-4-9(10)12)7-5-8(7)11(13)14/h2-4,7-8H,5H2,1H3,(H,13,14). The van der Waals surface area contributed by atoms with E-state index in [2.05, 4.69) is 0 Å². The van der Waals surface area contributed by atoms with Crippen molar-refractivity contribution in [2.45, 2.75) is 12.3 Å². The van der Waals surface area contributed by atoms with Gasteiger partial charge in [-0.1, -0.05) is 12.1 Å². The minimum atomic E-state index is -0.827. The summed E-state index contributed by atoms with van der Waals surface area (Å²) in [6, 6.07) is 4.60. The van der Waals surface area contributed by atoms with Crippen molar-refractivity contribution in [3.8, 4) is 5.75 Å². The molecular formula is C11H11FO3. The number of hydrogen-bond donors (Lipinski definition) is 1. The summed E-state index contributed by atoms with van der Waals surface area (Å²) in [6.07, 6.45) is 0.565. The Morgan fingerprint density at radius 1 is 1.60 bits per heavy atom. The largest absolute Gasteiger partial charge is 0.493 e. The van der Waals surface area contributed by atoms with Crippen LogP contribution >= 0.6 is 0 Å². The van der Waals surface area contributed by atoms with Gasteiger partial charge in [0.2, 0.25) is 0 Å². The lowest BCUT2D eigenvalue weighted by Gasteiger charge is -2.07. The second-order valence-corrected chi connectivity index (χ2v) is 3.65. The fourth-order valence-electron chi connectivity index (χ4n) is 1.84. The van der Waals surface area contributed by atoms with Crippen molar-refractivity contribution in [2.75, 3.05) is 7.11 Å². The molecule has 1 aliphatic rings. The van der Waals surface area contributed by atoms with Crippen LogP contribution in [0.2, 0.25) is 0 Å². The summed E-state index contributed by atoms with van der Waals surface area (Å²) in [5.74, 6) is -1.59. The van der Waals surface area contributed by atoms with E-state index >= 15 is 0 Å². The number of methoxy groups -OCH3 is 1. The predicted molar refractivity (Wildman–Crippen MR) is 51.4 cm³/mol. The third-order valence-corrected chi connectivity index (χ3v) is 2.71. The molecule has 4 heteroatoms. The number of para-hydroxylation sites is 1. The molecule has 1 fully saturated rings. The highest BCUT2D eigenvalue weighted by Gasteiger charge is 2.45. The molecule has 0 aliphatic heterocycles. The molecule has 0 saturated heterocycles. The summed E-state index contributed by atoms with van der Waals surface area (Å²) >= 11 is 0. The number of carboxylic acids is 1. The van der Waals surface area contributed by atoms with Crippen LogP contribution in [-0.4, -0.2) is 18.2 Å². The molecule has 1 aromatic carbocycles. The first kappa shape index (κ1) is 9.96. The molecule has 0 amide bonds. The molecule has 0 radical (unpaired) electrons. The average Bonchev–Trinajstić information content (AvgIpc) is 2.96. The first-order valence-corrected chi connectivity index (χ1v) is 4.70. The van der Waals surface area contributed by atoms with Gasteiger partial charge in [-0.15, -0.1) is 0 Å². The van der Waals surface area contributed by atoms with E-state index in [0.29, 0.717) is 12.0 Å². The Labute approximate surface area is 86.5 Å². The van der Waals surface area contributed by atoms with Crippen molar-refractivity contribution in [3.63, 3.8) is 0 Å². The van der Waals surface area contributed by atoms with E-state index in [0.717, 1.165) is 0 Å². The highest BCUT2D eigenvalue weighted by atomic mass is 19.1. The Bertz CT molecular complexity index is 403. The molecule has 2 rings (SSSR count). The zero-order valence-electron chi connectivity index (χ0n) is 8.24. The predicted octanol–water partition coefficient (Wildman–Crippen LogP) is 2.02. The van der Waals surface area contributed by atoms with Gasteiger partial charge in [-0.2, -0.15) is 0 Å². The number of benzene rings is 1. The Morgan fingerprint density at radius 2 is 2.33 bits per heavy atom. The molecular weight excluding hydrogens is 199 g/mol. The van der Waals surface area contributed by atoms with Crippen LogP contribution in [0.15, 0.2) is 18.2 Å². The summed E-state index contributed by atoms with van der Waals surface area (Å²) in [7, 11) is 1.39. The fourth-order valence-corrected chi connectivity index (χ4v) is 1.84. The second kappa shape index (κ2) is 3.53. The van der Waals surface area contributed by atoms with Crippen LogP contribution in [0.25, 0.3) is 0 Å². The molecule has 3 nitrogen and oxygen atoms in total. The van der Waals surface area contributed by atoms with Crippen LogP contribution in [0.3, 0.4) is 0 Å². The summed E-state index contributed by atoms with van der Waals surface area (Å²) in [5.41, 5.74) is 0.657. The van der Waals surface area contributed by atoms with Gasteiger partial charge in [-0.05, 0) is 12.5 Å². The van der Waals surface area contributed by atoms with Gasteiger partial charge >= 0.3 is 5.97 Å². The summed E-state index contributed by atoms with van der Waals surface area (Å²) < 4.78 is 18.2. The van der Waals surface area contributed by atoms with Gasteiger partial charge in [0, 0.05) is 11.5 Å². The summed E-state index contributed by atoms with van der Waals surface area (Å²) in [4.78, 5) is 10.7. The molecule has 2 unspecified atom stereocenters. The number of halogens is 1. The minimum absolute atomic E-state index is 0.104. The van der Waals surface area contributed by atoms with Gasteiger partial charge < -0.3 is 9.84 Å². The van der Waals surface area contributed by atoms with Gasteiger partial charge in [0.05, 0.1) is 13.0 Å². The molecule has 1 aromatic rings. The van der Waals surface area contributed by atoms with E-state index in [-0.39, 0.29) is 17.6 Å². The Morgan fingerprint density at radius 3 is 2.87 bits per heavy atom. The van der Waals surface area contributed by atoms with Gasteiger partial charge in [-0.3, -0.25) is 4.79 Å². The number of hydrogen-bond acceptors (Lipinski definition) is 2. The number of aliphatic carboxylic acids is 1. The molecule has 0 bridgehead atoms. The molecule has 1 aliphatic carbocycles. The minimum Gasteiger partial charge on any atom is -0.493 e. The van der Waals surface area contributed by atoms with Crippen molar-refractivity contribution < 1.29 is 19.0 Å². The fraction of sp³-hybridized carbons (Fsp3) is 0.364. The number of rotatable bonds is 3. The van der Waals surface area contributed by atoms with Gasteiger partial charge in [0.25, 0.3) is 0 Å². The molecule has 80 valence electrons. The lowest BCUT2D eigenvalue weighted by atomic mass is 10.1. The van der Waals surface area contributed by atoms with E-state index in [9.17, 15) is 9.18 Å². The van der Waals surface area contributed by atoms with Crippen LogP contribution in [0.4, 0.5) is 4.39 Å². The maximum atomic E-state index is 13.3. The van der Waals surface area contributed by atoms with Crippen molar-refractivity contribution in [1.29, 1.82) is 0 Å². The maximum absolute atomic E-state index is 13.3. The molecule has 1 saturated carbocycles. The Kier molecular flexibility index (Phi) is 2.34. The topological polar surface area (TPSA) is 46.5 Å². The van der Waals surface area contributed by atoms with E-state index in [1.54, 1.807) is 12.1 Å². The third-order valence-electron chi connectivity index (χ3n) is 2.71. The Balaban J connectivity index is 2.30. The monoisotopic (exact) mass is 210 g/mol. The average molecular weight is 210 g/mol. The van der Waals surface area contributed by atoms with Crippen LogP contribution < -0.4 is 4.74 Å². The molecule has 15 heavy (non-hydrogen) atoms. The van der Waals surface area contributed by atoms with E-state index in [1.165, 1.54) is 13.2 Å². The van der Waals surface area contributed by atoms with Crippen LogP contribution in [-0.2, 0) is 4.79 Å². The molecule has 0 spiro atoms.